The molecule has 0 saturated heterocycles. The van der Waals surface area contributed by atoms with Crippen molar-refractivity contribution >= 4 is 23.2 Å². The van der Waals surface area contributed by atoms with Crippen molar-refractivity contribution in [2.45, 2.75) is 19.9 Å². The molecular weight excluding hydrogens is 274 g/mol. The average molecular weight is 290 g/mol. The van der Waals surface area contributed by atoms with Gasteiger partial charge in [0.05, 0.1) is 6.54 Å². The van der Waals surface area contributed by atoms with Crippen molar-refractivity contribution < 1.29 is 0 Å². The van der Waals surface area contributed by atoms with Gasteiger partial charge in [0.25, 0.3) is 0 Å². The second-order valence-electron chi connectivity index (χ2n) is 4.43. The van der Waals surface area contributed by atoms with Gasteiger partial charge in [-0.1, -0.05) is 30.7 Å². The first-order valence-corrected chi connectivity index (χ1v) is 6.78. The van der Waals surface area contributed by atoms with Crippen LogP contribution in [-0.4, -0.2) is 16.3 Å². The van der Waals surface area contributed by atoms with Crippen molar-refractivity contribution in [2.24, 2.45) is 0 Å². The Morgan fingerprint density at radius 2 is 2.30 bits per heavy atom. The Labute approximate surface area is 123 Å². The van der Waals surface area contributed by atoms with Crippen LogP contribution in [0.3, 0.4) is 0 Å². The largest absolute Gasteiger partial charge is 0.383 e. The molecular formula is C14H16ClN5. The molecule has 0 bridgehead atoms. The van der Waals surface area contributed by atoms with Crippen LogP contribution in [0, 0.1) is 11.3 Å². The lowest BCUT2D eigenvalue weighted by Crippen LogP contribution is -2.07. The van der Waals surface area contributed by atoms with Gasteiger partial charge < -0.3 is 11.1 Å². The molecule has 0 aliphatic heterocycles. The van der Waals surface area contributed by atoms with Gasteiger partial charge in [-0.3, -0.25) is 0 Å². The molecule has 6 heteroatoms. The third-order valence-electron chi connectivity index (χ3n) is 2.87. The van der Waals surface area contributed by atoms with Crippen LogP contribution >= 0.6 is 11.6 Å². The number of nitrogen functional groups attached to an aromatic ring is 1. The molecule has 1 aromatic carbocycles. The van der Waals surface area contributed by atoms with Crippen molar-refractivity contribution in [3.05, 3.63) is 40.4 Å². The van der Waals surface area contributed by atoms with E-state index < -0.39 is 0 Å². The van der Waals surface area contributed by atoms with E-state index in [0.717, 1.165) is 18.5 Å². The molecule has 0 saturated carbocycles. The van der Waals surface area contributed by atoms with E-state index in [0.29, 0.717) is 28.8 Å². The van der Waals surface area contributed by atoms with Crippen LogP contribution in [0.15, 0.2) is 24.3 Å². The van der Waals surface area contributed by atoms with Crippen molar-refractivity contribution in [1.82, 2.24) is 9.78 Å². The third-order valence-corrected chi connectivity index (χ3v) is 3.10. The first-order valence-electron chi connectivity index (χ1n) is 6.40. The number of nitrogens with two attached hydrogens (primary N) is 1. The molecule has 3 N–H and O–H groups in total. The van der Waals surface area contributed by atoms with Crippen LogP contribution in [-0.2, 0) is 6.54 Å². The molecule has 20 heavy (non-hydrogen) atoms. The molecule has 1 aromatic heterocycles. The summed E-state index contributed by atoms with van der Waals surface area (Å²) in [6.45, 7) is 3.28. The van der Waals surface area contributed by atoms with E-state index in [1.54, 1.807) is 4.68 Å². The Balaban J connectivity index is 2.28. The van der Waals surface area contributed by atoms with Crippen molar-refractivity contribution in [1.29, 1.82) is 5.26 Å². The summed E-state index contributed by atoms with van der Waals surface area (Å²) < 4.78 is 1.61. The van der Waals surface area contributed by atoms with E-state index in [-0.39, 0.29) is 0 Å². The Morgan fingerprint density at radius 3 is 2.95 bits per heavy atom. The number of hydrogen-bond acceptors (Lipinski definition) is 4. The maximum Gasteiger partial charge on any atom is 0.168 e. The Kier molecular flexibility index (Phi) is 4.49. The molecule has 0 aliphatic carbocycles. The van der Waals surface area contributed by atoms with E-state index in [9.17, 15) is 5.26 Å². The molecule has 0 amide bonds. The van der Waals surface area contributed by atoms with Crippen LogP contribution < -0.4 is 11.1 Å². The van der Waals surface area contributed by atoms with Crippen LogP contribution in [0.25, 0.3) is 0 Å². The zero-order valence-corrected chi connectivity index (χ0v) is 12.0. The van der Waals surface area contributed by atoms with Gasteiger partial charge >= 0.3 is 0 Å². The van der Waals surface area contributed by atoms with Crippen LogP contribution in [0.2, 0.25) is 5.02 Å². The summed E-state index contributed by atoms with van der Waals surface area (Å²) in [4.78, 5) is 0. The number of anilines is 2. The first kappa shape index (κ1) is 14.2. The molecule has 2 aromatic rings. The minimum atomic E-state index is 0.367. The highest BCUT2D eigenvalue weighted by Gasteiger charge is 2.15. The van der Waals surface area contributed by atoms with Gasteiger partial charge in [0.2, 0.25) is 0 Å². The van der Waals surface area contributed by atoms with Gasteiger partial charge in [-0.15, -0.1) is 0 Å². The molecule has 1 heterocycles. The topological polar surface area (TPSA) is 79.7 Å². The molecule has 0 radical (unpaired) electrons. The van der Waals surface area contributed by atoms with Crippen molar-refractivity contribution in [3.8, 4) is 6.07 Å². The fourth-order valence-corrected chi connectivity index (χ4v) is 2.09. The van der Waals surface area contributed by atoms with Crippen LogP contribution in [0.1, 0.15) is 24.5 Å². The summed E-state index contributed by atoms with van der Waals surface area (Å²) in [6, 6.07) is 9.58. The number of hydrogen-bond donors (Lipinski definition) is 2. The van der Waals surface area contributed by atoms with Gasteiger partial charge in [0, 0.05) is 11.6 Å². The fraction of sp³-hybridized carbons (Fsp3) is 0.286. The SMILES string of the molecule is CCCNc1nn(Cc2cccc(Cl)c2)c(N)c1C#N. The summed E-state index contributed by atoms with van der Waals surface area (Å²) in [7, 11) is 0. The van der Waals surface area contributed by atoms with Crippen molar-refractivity contribution in [2.75, 3.05) is 17.6 Å². The highest BCUT2D eigenvalue weighted by molar-refractivity contribution is 6.30. The highest BCUT2D eigenvalue weighted by atomic mass is 35.5. The van der Waals surface area contributed by atoms with E-state index in [2.05, 4.69) is 16.5 Å². The lowest BCUT2D eigenvalue weighted by atomic mass is 10.2. The summed E-state index contributed by atoms with van der Waals surface area (Å²) >= 11 is 5.96. The number of aromatic nitrogens is 2. The molecule has 5 nitrogen and oxygen atoms in total. The van der Waals surface area contributed by atoms with Gasteiger partial charge in [0.15, 0.2) is 5.82 Å². The number of nitrogens with zero attached hydrogens (tertiary/aromatic N) is 3. The molecule has 0 aliphatic rings. The number of benzene rings is 1. The summed E-state index contributed by atoms with van der Waals surface area (Å²) in [6.07, 6.45) is 0.950. The molecule has 2 rings (SSSR count). The second kappa shape index (κ2) is 6.31. The van der Waals surface area contributed by atoms with Gasteiger partial charge in [-0.25, -0.2) is 4.68 Å². The van der Waals surface area contributed by atoms with Crippen molar-refractivity contribution in [3.63, 3.8) is 0 Å². The van der Waals surface area contributed by atoms with Gasteiger partial charge in [-0.2, -0.15) is 10.4 Å². The molecule has 0 atom stereocenters. The van der Waals surface area contributed by atoms with E-state index in [1.165, 1.54) is 0 Å². The zero-order valence-electron chi connectivity index (χ0n) is 11.2. The van der Waals surface area contributed by atoms with E-state index in [1.807, 2.05) is 31.2 Å². The quantitative estimate of drug-likeness (QED) is 0.887. The predicted octanol–water partition coefficient (Wildman–Crippen LogP) is 2.86. The lowest BCUT2D eigenvalue weighted by Gasteiger charge is -2.04. The highest BCUT2D eigenvalue weighted by Crippen LogP contribution is 2.22. The number of rotatable bonds is 5. The minimum absolute atomic E-state index is 0.367. The number of nitriles is 1. The summed E-state index contributed by atoms with van der Waals surface area (Å²) in [5.41, 5.74) is 7.35. The normalized spacial score (nSPS) is 10.2. The average Bonchev–Trinajstić information content (AvgIpc) is 2.72. The predicted molar refractivity (Wildman–Crippen MR) is 80.7 cm³/mol. The van der Waals surface area contributed by atoms with Crippen LogP contribution in [0.4, 0.5) is 11.6 Å². The first-order chi connectivity index (χ1) is 9.65. The molecule has 0 spiro atoms. The summed E-state index contributed by atoms with van der Waals surface area (Å²) in [5, 5.41) is 17.3. The Morgan fingerprint density at radius 1 is 1.50 bits per heavy atom. The minimum Gasteiger partial charge on any atom is -0.383 e. The molecule has 0 unspecified atom stereocenters. The molecule has 104 valence electrons. The number of nitrogens with one attached hydrogen (secondary N) is 1. The van der Waals surface area contributed by atoms with E-state index in [4.69, 9.17) is 17.3 Å². The second-order valence-corrected chi connectivity index (χ2v) is 4.87. The van der Waals surface area contributed by atoms with Gasteiger partial charge in [-0.05, 0) is 24.1 Å². The summed E-state index contributed by atoms with van der Waals surface area (Å²) in [5.74, 6) is 0.903. The number of halogens is 1. The maximum atomic E-state index is 9.18. The van der Waals surface area contributed by atoms with E-state index >= 15 is 0 Å². The standard InChI is InChI=1S/C14H16ClN5/c1-2-6-18-14-12(8-16)13(17)20(19-14)9-10-4-3-5-11(15)7-10/h3-5,7H,2,6,9,17H2,1H3,(H,18,19). The monoisotopic (exact) mass is 289 g/mol. The van der Waals surface area contributed by atoms with Crippen LogP contribution in [0.5, 0.6) is 0 Å². The lowest BCUT2D eigenvalue weighted by molar-refractivity contribution is 0.698. The Hall–Kier alpha value is -2.19. The Bertz CT molecular complexity index is 641. The zero-order chi connectivity index (χ0) is 14.5. The van der Waals surface area contributed by atoms with Gasteiger partial charge in [0.1, 0.15) is 17.5 Å². The smallest absolute Gasteiger partial charge is 0.168 e. The maximum absolute atomic E-state index is 9.18. The molecule has 0 fully saturated rings. The third kappa shape index (κ3) is 3.03. The fourth-order valence-electron chi connectivity index (χ4n) is 1.88.